The van der Waals surface area contributed by atoms with Crippen LogP contribution in [0.25, 0.3) is 43.8 Å². The summed E-state index contributed by atoms with van der Waals surface area (Å²) in [4.78, 5) is 0. The molecular formula is C34H28Cl6SiZr-2. The van der Waals surface area contributed by atoms with E-state index in [1.165, 1.54) is 32.7 Å². The first kappa shape index (κ1) is 37.1. The van der Waals surface area contributed by atoms with Crippen LogP contribution in [-0.4, -0.2) is 5.43 Å². The molecule has 42 heavy (non-hydrogen) atoms. The van der Waals surface area contributed by atoms with Gasteiger partial charge in [0.2, 0.25) is 0 Å². The van der Waals surface area contributed by atoms with Crippen LogP contribution in [0.5, 0.6) is 0 Å². The van der Waals surface area contributed by atoms with E-state index < -0.39 is 0 Å². The molecule has 0 aromatic heterocycles. The molecule has 0 N–H and O–H groups in total. The molecule has 0 aliphatic heterocycles. The topological polar surface area (TPSA) is 0 Å². The average molecular weight is 769 g/mol. The minimum atomic E-state index is 0. The van der Waals surface area contributed by atoms with Gasteiger partial charge in [-0.2, -0.15) is 12.1 Å². The number of fused-ring (bicyclic) bond motifs is 2. The molecule has 6 aromatic carbocycles. The third-order valence-electron chi connectivity index (χ3n) is 6.23. The number of hydrogen-bond donors (Lipinski definition) is 0. The van der Waals surface area contributed by atoms with Gasteiger partial charge in [0.1, 0.15) is 0 Å². The van der Waals surface area contributed by atoms with E-state index in [0.717, 1.165) is 22.3 Å². The quantitative estimate of drug-likeness (QED) is 0.140. The number of hydrogen-bond acceptors (Lipinski definition) is 0. The van der Waals surface area contributed by atoms with Crippen LogP contribution in [0.2, 0.25) is 33.2 Å². The summed E-state index contributed by atoms with van der Waals surface area (Å²) >= 11 is 26.2. The van der Waals surface area contributed by atoms with E-state index in [-0.39, 0.29) is 30.2 Å². The monoisotopic (exact) mass is 764 g/mol. The van der Waals surface area contributed by atoms with Crippen molar-refractivity contribution in [3.63, 3.8) is 0 Å². The Hall–Kier alpha value is -1.06. The van der Waals surface area contributed by atoms with Gasteiger partial charge in [-0.25, -0.2) is 0 Å². The van der Waals surface area contributed by atoms with Crippen molar-refractivity contribution in [2.24, 2.45) is 0 Å². The summed E-state index contributed by atoms with van der Waals surface area (Å²) in [7, 11) is 0. The summed E-state index contributed by atoms with van der Waals surface area (Å²) in [6.45, 7) is 8.83. The van der Waals surface area contributed by atoms with Crippen molar-refractivity contribution in [3.8, 4) is 22.3 Å². The van der Waals surface area contributed by atoms with Crippen molar-refractivity contribution in [1.29, 1.82) is 0 Å². The second-order valence-corrected chi connectivity index (χ2v) is 21.0. The molecular weight excluding hydrogens is 740 g/mol. The molecule has 0 atom stereocenters. The minimum absolute atomic E-state index is 0. The predicted octanol–water partition coefficient (Wildman–Crippen LogP) is 6.47. The van der Waals surface area contributed by atoms with Crippen LogP contribution in [0.15, 0.2) is 97.1 Å². The van der Waals surface area contributed by atoms with Gasteiger partial charge in [-0.05, 0) is 35.4 Å². The summed E-state index contributed by atoms with van der Waals surface area (Å²) in [5, 5.41) is 7.66. The molecule has 216 valence electrons. The van der Waals surface area contributed by atoms with Gasteiger partial charge in [0.15, 0.2) is 0 Å². The van der Waals surface area contributed by atoms with Gasteiger partial charge in [-0.3, -0.25) is 0 Å². The molecule has 0 aliphatic rings. The zero-order chi connectivity index (χ0) is 29.0. The van der Waals surface area contributed by atoms with Crippen molar-refractivity contribution in [2.75, 3.05) is 0 Å². The molecule has 0 heterocycles. The molecule has 0 aliphatic carbocycles. The van der Waals surface area contributed by atoms with E-state index in [9.17, 15) is 0 Å². The molecule has 6 aromatic rings. The summed E-state index contributed by atoms with van der Waals surface area (Å²) in [6.07, 6.45) is 0. The van der Waals surface area contributed by atoms with Gasteiger partial charge in [0.25, 0.3) is 0 Å². The molecule has 8 heteroatoms. The van der Waals surface area contributed by atoms with Gasteiger partial charge in [0.05, 0.1) is 0 Å². The maximum Gasteiger partial charge on any atom is 0.0491 e. The Morgan fingerprint density at radius 1 is 0.548 bits per heavy atom. The zero-order valence-electron chi connectivity index (χ0n) is 23.5. The normalized spacial score (nSPS) is 10.1. The fraction of sp³-hybridized carbons (Fsp3) is 0.118. The fourth-order valence-corrected chi connectivity index (χ4v) is 5.68. The van der Waals surface area contributed by atoms with Crippen LogP contribution in [0.4, 0.5) is 0 Å². The average Bonchev–Trinajstić information content (AvgIpc) is 3.45. The Kier molecular flexibility index (Phi) is 14.9. The third-order valence-corrected chi connectivity index (χ3v) is 7.33. The summed E-state index contributed by atoms with van der Waals surface area (Å²) in [5.41, 5.74) is 7.10. The number of rotatable bonds is 2. The smallest absolute Gasteiger partial charge is 0.0491 e. The van der Waals surface area contributed by atoms with E-state index in [0.29, 0.717) is 20.1 Å². The van der Waals surface area contributed by atoms with Gasteiger partial charge in [-0.1, -0.05) is 95.6 Å². The number of halogens is 6. The van der Waals surface area contributed by atoms with Crippen LogP contribution in [-0.2, 0) is 23.3 Å². The van der Waals surface area contributed by atoms with Crippen LogP contribution in [0.1, 0.15) is 11.1 Å². The molecule has 0 fully saturated rings. The maximum atomic E-state index is 6.29. The SMILES string of the molecule is C[Si](C)=[Zr+2].Cc1cc2c(-c3ccc(Cl)cc3Cl)cccc2[cH-]1.Cc1cc2c(-c3ccc(Cl)cc3Cl)cccc2[cH-]1.[Cl-].[Cl-]. The Morgan fingerprint density at radius 3 is 1.24 bits per heavy atom. The minimum Gasteiger partial charge on any atom is -1.00 e. The summed E-state index contributed by atoms with van der Waals surface area (Å²) < 4.78 is 0. The molecule has 0 bridgehead atoms. The van der Waals surface area contributed by atoms with Crippen molar-refractivity contribution in [1.82, 2.24) is 0 Å². The van der Waals surface area contributed by atoms with Crippen LogP contribution >= 0.6 is 46.4 Å². The van der Waals surface area contributed by atoms with E-state index in [1.807, 2.05) is 24.3 Å². The molecule has 6 rings (SSSR count). The van der Waals surface area contributed by atoms with Crippen molar-refractivity contribution >= 4 is 73.4 Å². The largest absolute Gasteiger partial charge is 1.00 e. The van der Waals surface area contributed by atoms with E-state index in [1.54, 1.807) is 35.5 Å². The van der Waals surface area contributed by atoms with Crippen LogP contribution in [0, 0.1) is 13.8 Å². The molecule has 0 radical (unpaired) electrons. The fourth-order valence-electron chi connectivity index (χ4n) is 4.65. The second-order valence-electron chi connectivity index (χ2n) is 9.93. The molecule has 0 nitrogen and oxygen atoms in total. The predicted molar refractivity (Wildman–Crippen MR) is 177 cm³/mol. The van der Waals surface area contributed by atoms with E-state index in [4.69, 9.17) is 46.4 Å². The maximum absolute atomic E-state index is 6.29. The molecule has 0 saturated carbocycles. The van der Waals surface area contributed by atoms with Crippen molar-refractivity contribution < 1.29 is 48.1 Å². The summed E-state index contributed by atoms with van der Waals surface area (Å²) in [6, 6.07) is 32.6. The number of aryl methyl sites for hydroxylation is 2. The Balaban J connectivity index is 0.000000250. The summed E-state index contributed by atoms with van der Waals surface area (Å²) in [5.74, 6) is 0. The first-order chi connectivity index (χ1) is 19.0. The van der Waals surface area contributed by atoms with E-state index >= 15 is 0 Å². The van der Waals surface area contributed by atoms with Gasteiger partial charge >= 0.3 is 41.9 Å². The van der Waals surface area contributed by atoms with Gasteiger partial charge < -0.3 is 24.8 Å². The van der Waals surface area contributed by atoms with Crippen LogP contribution < -0.4 is 24.8 Å². The second kappa shape index (κ2) is 16.9. The molecule has 0 amide bonds. The molecule has 0 spiro atoms. The first-order valence-electron chi connectivity index (χ1n) is 12.8. The first-order valence-corrected chi connectivity index (χ1v) is 20.5. The van der Waals surface area contributed by atoms with Crippen molar-refractivity contribution in [2.45, 2.75) is 26.9 Å². The Morgan fingerprint density at radius 2 is 0.905 bits per heavy atom. The molecule has 0 unspecified atom stereocenters. The van der Waals surface area contributed by atoms with Gasteiger partial charge in [0, 0.05) is 20.1 Å². The zero-order valence-corrected chi connectivity index (χ0v) is 31.5. The van der Waals surface area contributed by atoms with Crippen molar-refractivity contribution in [3.05, 3.63) is 128 Å². The van der Waals surface area contributed by atoms with Crippen LogP contribution in [0.3, 0.4) is 0 Å². The van der Waals surface area contributed by atoms with E-state index in [2.05, 4.69) is 87.6 Å². The Bertz CT molecular complexity index is 1690. The third kappa shape index (κ3) is 9.47. The van der Waals surface area contributed by atoms with Gasteiger partial charge in [-0.15, -0.1) is 69.1 Å². The molecule has 0 saturated heterocycles. The Labute approximate surface area is 296 Å². The number of benzene rings is 4. The standard InChI is InChI=1S/2C16H11Cl2.C2H6Si.2ClH.Zr/c2*1-10-7-11-3-2-4-13(15(11)8-10)14-6-5-12(17)9-16(14)18;1-3-2;;;/h2*2-9H,1H3;1-2H3;2*1H;/q2*-1;;;;+2/p-2.